The number of benzene rings is 2. The zero-order valence-corrected chi connectivity index (χ0v) is 16.4. The van der Waals surface area contributed by atoms with Crippen LogP contribution in [0.2, 0.25) is 0 Å². The van der Waals surface area contributed by atoms with E-state index in [1.54, 1.807) is 18.2 Å². The Morgan fingerprint density at radius 1 is 1.07 bits per heavy atom. The molecule has 2 aromatic carbocycles. The second kappa shape index (κ2) is 9.52. The predicted molar refractivity (Wildman–Crippen MR) is 114 cm³/mol. The molecule has 7 nitrogen and oxygen atoms in total. The van der Waals surface area contributed by atoms with Crippen molar-refractivity contribution in [2.45, 2.75) is 6.92 Å². The fourth-order valence-corrected chi connectivity index (χ4v) is 2.66. The first-order valence-electron chi connectivity index (χ1n) is 8.76. The van der Waals surface area contributed by atoms with E-state index >= 15 is 0 Å². The zero-order chi connectivity index (χ0) is 20.6. The first kappa shape index (κ1) is 20.1. The molecule has 1 aromatic heterocycles. The number of thiocarbonyl (C=S) groups is 1. The fraction of sp³-hybridized carbons (Fsp3) is 0.0952. The minimum atomic E-state index is -0.460. The van der Waals surface area contributed by atoms with Gasteiger partial charge in [0, 0.05) is 11.5 Å². The van der Waals surface area contributed by atoms with Crippen LogP contribution in [-0.2, 0) is 9.59 Å². The van der Waals surface area contributed by atoms with Crippen molar-refractivity contribution < 1.29 is 18.7 Å². The highest BCUT2D eigenvalue weighted by Gasteiger charge is 2.07. The largest absolute Gasteiger partial charge is 0.483 e. The summed E-state index contributed by atoms with van der Waals surface area (Å²) in [7, 11) is 0. The number of fused-ring (bicyclic) bond motifs is 1. The summed E-state index contributed by atoms with van der Waals surface area (Å²) in [6, 6.07) is 16.9. The number of nitrogens with one attached hydrogen (secondary N) is 3. The van der Waals surface area contributed by atoms with Crippen LogP contribution < -0.4 is 20.9 Å². The molecule has 1 heterocycles. The first-order chi connectivity index (χ1) is 14.0. The summed E-state index contributed by atoms with van der Waals surface area (Å²) in [4.78, 5) is 23.8. The average molecular weight is 409 g/mol. The number of carbonyl (C=O) groups is 2. The van der Waals surface area contributed by atoms with Crippen LogP contribution >= 0.6 is 12.2 Å². The molecule has 3 aromatic rings. The second-order valence-corrected chi connectivity index (χ2v) is 6.45. The number of hydrogen-bond acceptors (Lipinski definition) is 5. The van der Waals surface area contributed by atoms with Crippen molar-refractivity contribution in [3.05, 3.63) is 72.2 Å². The Bertz CT molecular complexity index is 1070. The highest BCUT2D eigenvalue weighted by molar-refractivity contribution is 7.80. The van der Waals surface area contributed by atoms with E-state index < -0.39 is 11.8 Å². The molecule has 0 aliphatic heterocycles. The van der Waals surface area contributed by atoms with Crippen molar-refractivity contribution >= 4 is 46.0 Å². The lowest BCUT2D eigenvalue weighted by atomic mass is 10.1. The Morgan fingerprint density at radius 2 is 1.86 bits per heavy atom. The lowest BCUT2D eigenvalue weighted by Gasteiger charge is -2.11. The van der Waals surface area contributed by atoms with E-state index in [1.807, 2.05) is 43.3 Å². The summed E-state index contributed by atoms with van der Waals surface area (Å²) < 4.78 is 10.9. The number of hydrogen-bond donors (Lipinski definition) is 3. The van der Waals surface area contributed by atoms with Crippen LogP contribution in [0.25, 0.3) is 16.8 Å². The van der Waals surface area contributed by atoms with Gasteiger partial charge >= 0.3 is 0 Å². The molecule has 0 unspecified atom stereocenters. The van der Waals surface area contributed by atoms with Crippen molar-refractivity contribution in [1.82, 2.24) is 16.2 Å². The molecule has 8 heteroatoms. The molecule has 0 aliphatic rings. The molecule has 0 saturated heterocycles. The van der Waals surface area contributed by atoms with Crippen LogP contribution in [0.1, 0.15) is 11.5 Å². The minimum Gasteiger partial charge on any atom is -0.483 e. The van der Waals surface area contributed by atoms with Gasteiger partial charge in [0.1, 0.15) is 17.3 Å². The summed E-state index contributed by atoms with van der Waals surface area (Å²) in [5, 5.41) is 4.29. The summed E-state index contributed by atoms with van der Waals surface area (Å²) >= 11 is 4.97. The van der Waals surface area contributed by atoms with Gasteiger partial charge in [0.2, 0.25) is 5.91 Å². The summed E-state index contributed by atoms with van der Waals surface area (Å²) in [5.74, 6) is 0.993. The quantitative estimate of drug-likeness (QED) is 0.341. The maximum absolute atomic E-state index is 12.0. The number of furan rings is 1. The van der Waals surface area contributed by atoms with Gasteiger partial charge in [-0.2, -0.15) is 0 Å². The van der Waals surface area contributed by atoms with Crippen molar-refractivity contribution in [2.24, 2.45) is 0 Å². The van der Waals surface area contributed by atoms with E-state index in [0.29, 0.717) is 11.5 Å². The molecule has 0 bridgehead atoms. The van der Waals surface area contributed by atoms with Crippen LogP contribution in [0.5, 0.6) is 5.75 Å². The molecule has 0 atom stereocenters. The number of carbonyl (C=O) groups excluding carboxylic acids is 2. The van der Waals surface area contributed by atoms with Gasteiger partial charge in [-0.05, 0) is 48.8 Å². The maximum Gasteiger partial charge on any atom is 0.276 e. The minimum absolute atomic E-state index is 0.0474. The number of rotatable bonds is 5. The molecule has 0 aliphatic carbocycles. The van der Waals surface area contributed by atoms with E-state index in [0.717, 1.165) is 16.5 Å². The molecular formula is C21H19N3O4S. The lowest BCUT2D eigenvalue weighted by molar-refractivity contribution is -0.123. The molecular weight excluding hydrogens is 390 g/mol. The standard InChI is InChI=1S/C21H19N3O4S/c1-14-9-10-16(28-14)11-12-19(25)22-21(29)24-23-20(26)13-27-18-8-4-6-15-5-2-3-7-17(15)18/h2-12H,13H2,1H3,(H,23,26)(H2,22,24,25,29)/b12-11+. The lowest BCUT2D eigenvalue weighted by Crippen LogP contribution is -2.49. The Kier molecular flexibility index (Phi) is 6.59. The topological polar surface area (TPSA) is 92.6 Å². The number of aryl methyl sites for hydroxylation is 1. The van der Waals surface area contributed by atoms with Crippen LogP contribution in [0, 0.1) is 6.92 Å². The molecule has 3 rings (SSSR count). The van der Waals surface area contributed by atoms with E-state index in [1.165, 1.54) is 12.2 Å². The predicted octanol–water partition coefficient (Wildman–Crippen LogP) is 2.86. The molecule has 3 N–H and O–H groups in total. The monoisotopic (exact) mass is 409 g/mol. The van der Waals surface area contributed by atoms with Gasteiger partial charge in [-0.3, -0.25) is 25.8 Å². The molecule has 0 radical (unpaired) electrons. The highest BCUT2D eigenvalue weighted by Crippen LogP contribution is 2.24. The van der Waals surface area contributed by atoms with Crippen molar-refractivity contribution in [3.63, 3.8) is 0 Å². The molecule has 0 saturated carbocycles. The normalized spacial score (nSPS) is 10.7. The van der Waals surface area contributed by atoms with Gasteiger partial charge < -0.3 is 9.15 Å². The summed E-state index contributed by atoms with van der Waals surface area (Å²) in [6.07, 6.45) is 2.79. The Hall–Kier alpha value is -3.65. The zero-order valence-electron chi connectivity index (χ0n) is 15.6. The Labute approximate surface area is 172 Å². The van der Waals surface area contributed by atoms with Crippen LogP contribution in [-0.4, -0.2) is 23.5 Å². The third kappa shape index (κ3) is 5.91. The van der Waals surface area contributed by atoms with E-state index in [2.05, 4.69) is 16.2 Å². The van der Waals surface area contributed by atoms with E-state index in [-0.39, 0.29) is 11.7 Å². The SMILES string of the molecule is Cc1ccc(/C=C/C(=O)NC(=S)NNC(=O)COc2cccc3ccccc23)o1. The molecule has 29 heavy (non-hydrogen) atoms. The van der Waals surface area contributed by atoms with Gasteiger partial charge in [0.25, 0.3) is 5.91 Å². The van der Waals surface area contributed by atoms with Gasteiger partial charge in [-0.15, -0.1) is 0 Å². The molecule has 2 amide bonds. The number of amides is 2. The fourth-order valence-electron chi connectivity index (χ4n) is 2.51. The van der Waals surface area contributed by atoms with Crippen LogP contribution in [0.4, 0.5) is 0 Å². The summed E-state index contributed by atoms with van der Waals surface area (Å²) in [6.45, 7) is 1.60. The van der Waals surface area contributed by atoms with Gasteiger partial charge in [-0.1, -0.05) is 36.4 Å². The van der Waals surface area contributed by atoms with Crippen LogP contribution in [0.3, 0.4) is 0 Å². The molecule has 0 spiro atoms. The number of ether oxygens (including phenoxy) is 1. The van der Waals surface area contributed by atoms with Gasteiger partial charge in [-0.25, -0.2) is 0 Å². The smallest absolute Gasteiger partial charge is 0.276 e. The molecule has 148 valence electrons. The van der Waals surface area contributed by atoms with Crippen molar-refractivity contribution in [3.8, 4) is 5.75 Å². The summed E-state index contributed by atoms with van der Waals surface area (Å²) in [5.41, 5.74) is 4.82. The third-order valence-electron chi connectivity index (χ3n) is 3.82. The molecule has 0 fully saturated rings. The maximum atomic E-state index is 12.0. The van der Waals surface area contributed by atoms with E-state index in [4.69, 9.17) is 21.4 Å². The van der Waals surface area contributed by atoms with Gasteiger partial charge in [0.15, 0.2) is 11.7 Å². The van der Waals surface area contributed by atoms with Crippen molar-refractivity contribution in [2.75, 3.05) is 6.61 Å². The van der Waals surface area contributed by atoms with E-state index in [9.17, 15) is 9.59 Å². The number of hydrazine groups is 1. The highest BCUT2D eigenvalue weighted by atomic mass is 32.1. The first-order valence-corrected chi connectivity index (χ1v) is 9.17. The average Bonchev–Trinajstić information content (AvgIpc) is 3.14. The van der Waals surface area contributed by atoms with Crippen LogP contribution in [0.15, 0.2) is 65.1 Å². The van der Waals surface area contributed by atoms with Crippen molar-refractivity contribution in [1.29, 1.82) is 0 Å². The Morgan fingerprint density at radius 3 is 2.66 bits per heavy atom. The Balaban J connectivity index is 1.42. The second-order valence-electron chi connectivity index (χ2n) is 6.04. The third-order valence-corrected chi connectivity index (χ3v) is 4.02. The van der Waals surface area contributed by atoms with Gasteiger partial charge in [0.05, 0.1) is 0 Å².